The Morgan fingerprint density at radius 2 is 1.77 bits per heavy atom. The average Bonchev–Trinajstić information content (AvgIpc) is 3.44. The van der Waals surface area contributed by atoms with Crippen molar-refractivity contribution >= 4 is 50.9 Å². The Kier molecular flexibility index (Phi) is 5.31. The van der Waals surface area contributed by atoms with E-state index in [0.29, 0.717) is 16.7 Å². The lowest BCUT2D eigenvalue weighted by Gasteiger charge is -2.19. The number of furan rings is 1. The number of thioether (sulfide) groups is 2. The minimum absolute atomic E-state index is 0.00419. The average molecular weight is 445 g/mol. The molecule has 5 rings (SSSR count). The van der Waals surface area contributed by atoms with Gasteiger partial charge >= 0.3 is 0 Å². The van der Waals surface area contributed by atoms with E-state index in [1.54, 1.807) is 23.9 Å². The predicted molar refractivity (Wildman–Crippen MR) is 127 cm³/mol. The molecule has 0 radical (unpaired) electrons. The van der Waals surface area contributed by atoms with E-state index in [0.717, 1.165) is 15.7 Å². The second-order valence-electron chi connectivity index (χ2n) is 6.73. The van der Waals surface area contributed by atoms with Crippen molar-refractivity contribution in [3.8, 4) is 11.3 Å². The summed E-state index contributed by atoms with van der Waals surface area (Å²) in [5, 5.41) is 14.8. The Hall–Kier alpha value is -3.36. The minimum Gasteiger partial charge on any atom is -0.457 e. The van der Waals surface area contributed by atoms with E-state index in [-0.39, 0.29) is 11.4 Å². The molecule has 6 nitrogen and oxygen atoms in total. The standard InChI is InChI=1S/C23H16N4O2S2/c24-20-18(13-17-11-12-19(29-17)16-9-5-2-6-10-16)21(28)25-22-27(20)26-23(31-22)30-14-15-7-3-1-4-8-15/h1-13,24H,14H2. The molecule has 0 unspecified atom stereocenters. The van der Waals surface area contributed by atoms with Crippen molar-refractivity contribution < 1.29 is 9.21 Å². The molecule has 3 aromatic rings. The summed E-state index contributed by atoms with van der Waals surface area (Å²) in [6.45, 7) is 0. The number of carbonyl (C=O) groups is 1. The summed E-state index contributed by atoms with van der Waals surface area (Å²) in [4.78, 5) is 16.7. The van der Waals surface area contributed by atoms with E-state index in [1.807, 2.05) is 54.6 Å². The van der Waals surface area contributed by atoms with Gasteiger partial charge in [0.05, 0.1) is 5.57 Å². The van der Waals surface area contributed by atoms with Gasteiger partial charge in [0.1, 0.15) is 11.5 Å². The number of amides is 1. The van der Waals surface area contributed by atoms with Crippen LogP contribution in [0.5, 0.6) is 0 Å². The number of amidine groups is 2. The van der Waals surface area contributed by atoms with E-state index in [4.69, 9.17) is 9.83 Å². The van der Waals surface area contributed by atoms with E-state index in [1.165, 1.54) is 22.3 Å². The highest BCUT2D eigenvalue weighted by molar-refractivity contribution is 8.45. The van der Waals surface area contributed by atoms with Gasteiger partial charge in [-0.15, -0.1) is 5.10 Å². The van der Waals surface area contributed by atoms with Crippen LogP contribution in [0, 0.1) is 5.41 Å². The van der Waals surface area contributed by atoms with Gasteiger partial charge in [0.2, 0.25) is 5.17 Å². The molecule has 31 heavy (non-hydrogen) atoms. The van der Waals surface area contributed by atoms with E-state index in [9.17, 15) is 4.79 Å². The van der Waals surface area contributed by atoms with Gasteiger partial charge in [-0.1, -0.05) is 72.4 Å². The molecule has 1 N–H and O–H groups in total. The quantitative estimate of drug-likeness (QED) is 0.541. The molecule has 1 aromatic heterocycles. The van der Waals surface area contributed by atoms with Crippen LogP contribution < -0.4 is 0 Å². The zero-order chi connectivity index (χ0) is 21.2. The summed E-state index contributed by atoms with van der Waals surface area (Å²) in [5.74, 6) is 1.47. The maximum absolute atomic E-state index is 12.6. The van der Waals surface area contributed by atoms with Gasteiger partial charge in [-0.3, -0.25) is 10.2 Å². The smallest absolute Gasteiger partial charge is 0.283 e. The van der Waals surface area contributed by atoms with Crippen molar-refractivity contribution in [1.29, 1.82) is 5.41 Å². The number of rotatable bonds is 4. The normalized spacial score (nSPS) is 17.0. The molecule has 0 spiro atoms. The molecular weight excluding hydrogens is 428 g/mol. The third kappa shape index (κ3) is 4.12. The van der Waals surface area contributed by atoms with Crippen LogP contribution in [-0.2, 0) is 10.5 Å². The van der Waals surface area contributed by atoms with Crippen molar-refractivity contribution in [2.75, 3.05) is 0 Å². The highest BCUT2D eigenvalue weighted by Gasteiger charge is 2.36. The number of carbonyl (C=O) groups excluding carboxylic acids is 1. The van der Waals surface area contributed by atoms with Crippen LogP contribution in [0.4, 0.5) is 0 Å². The number of hydrazone groups is 1. The number of fused-ring (bicyclic) bond motifs is 1. The highest BCUT2D eigenvalue weighted by atomic mass is 32.2. The largest absolute Gasteiger partial charge is 0.457 e. The Morgan fingerprint density at radius 1 is 1.03 bits per heavy atom. The van der Waals surface area contributed by atoms with Crippen LogP contribution in [-0.4, -0.2) is 26.3 Å². The Labute approximate surface area is 187 Å². The molecule has 3 heterocycles. The number of benzene rings is 2. The molecule has 152 valence electrons. The Morgan fingerprint density at radius 3 is 2.55 bits per heavy atom. The Bertz CT molecular complexity index is 1250. The fourth-order valence-corrected chi connectivity index (χ4v) is 4.97. The summed E-state index contributed by atoms with van der Waals surface area (Å²) in [7, 11) is 0. The van der Waals surface area contributed by atoms with E-state index in [2.05, 4.69) is 22.2 Å². The molecule has 0 saturated carbocycles. The Balaban J connectivity index is 1.35. The monoisotopic (exact) mass is 444 g/mol. The third-order valence-electron chi connectivity index (χ3n) is 4.61. The molecule has 8 heteroatoms. The maximum atomic E-state index is 12.6. The van der Waals surface area contributed by atoms with Crippen LogP contribution in [0.15, 0.2) is 92.9 Å². The second-order valence-corrected chi connectivity index (χ2v) is 8.91. The molecule has 0 aliphatic carbocycles. The first-order valence-corrected chi connectivity index (χ1v) is 11.3. The van der Waals surface area contributed by atoms with Crippen LogP contribution in [0.2, 0.25) is 0 Å². The fourth-order valence-electron chi connectivity index (χ4n) is 3.08. The van der Waals surface area contributed by atoms with Crippen LogP contribution in [0.3, 0.4) is 0 Å². The van der Waals surface area contributed by atoms with E-state index >= 15 is 0 Å². The molecule has 2 aliphatic rings. The summed E-state index contributed by atoms with van der Waals surface area (Å²) in [6, 6.07) is 23.4. The third-order valence-corrected chi connectivity index (χ3v) is 6.73. The maximum Gasteiger partial charge on any atom is 0.283 e. The first-order valence-electron chi connectivity index (χ1n) is 9.49. The lowest BCUT2D eigenvalue weighted by molar-refractivity contribution is -0.114. The van der Waals surface area contributed by atoms with Crippen molar-refractivity contribution in [3.63, 3.8) is 0 Å². The van der Waals surface area contributed by atoms with Crippen molar-refractivity contribution in [1.82, 2.24) is 5.01 Å². The van der Waals surface area contributed by atoms with Gasteiger partial charge in [-0.05, 0) is 35.5 Å². The molecule has 0 atom stereocenters. The first-order chi connectivity index (χ1) is 15.2. The molecular formula is C23H16N4O2S2. The molecule has 0 fully saturated rings. The molecule has 2 aliphatic heterocycles. The lowest BCUT2D eigenvalue weighted by Crippen LogP contribution is -2.35. The summed E-state index contributed by atoms with van der Waals surface area (Å²) >= 11 is 2.86. The van der Waals surface area contributed by atoms with Crippen molar-refractivity contribution in [2.24, 2.45) is 10.1 Å². The number of nitrogens with one attached hydrogen (secondary N) is 1. The minimum atomic E-state index is -0.467. The summed E-state index contributed by atoms with van der Waals surface area (Å²) in [6.07, 6.45) is 1.55. The molecule has 0 saturated heterocycles. The van der Waals surface area contributed by atoms with Crippen LogP contribution >= 0.6 is 23.5 Å². The van der Waals surface area contributed by atoms with Gasteiger partial charge in [-0.25, -0.2) is 0 Å². The molecule has 0 bridgehead atoms. The highest BCUT2D eigenvalue weighted by Crippen LogP contribution is 2.34. The number of hydrogen-bond donors (Lipinski definition) is 1. The van der Waals surface area contributed by atoms with Crippen LogP contribution in [0.1, 0.15) is 11.3 Å². The number of nitrogens with zero attached hydrogens (tertiary/aromatic N) is 3. The zero-order valence-corrected chi connectivity index (χ0v) is 17.8. The molecule has 1 amide bonds. The van der Waals surface area contributed by atoms with Gasteiger partial charge in [-0.2, -0.15) is 10.0 Å². The van der Waals surface area contributed by atoms with Gasteiger partial charge < -0.3 is 4.42 Å². The lowest BCUT2D eigenvalue weighted by atomic mass is 10.1. The zero-order valence-electron chi connectivity index (χ0n) is 16.2. The molecule has 2 aromatic carbocycles. The van der Waals surface area contributed by atoms with Crippen molar-refractivity contribution in [2.45, 2.75) is 5.75 Å². The predicted octanol–water partition coefficient (Wildman–Crippen LogP) is 5.46. The first kappa shape index (κ1) is 19.6. The van der Waals surface area contributed by atoms with E-state index < -0.39 is 5.91 Å². The summed E-state index contributed by atoms with van der Waals surface area (Å²) < 4.78 is 6.61. The number of aliphatic imine (C=N–C) groups is 1. The second kappa shape index (κ2) is 8.41. The topological polar surface area (TPSA) is 82.0 Å². The van der Waals surface area contributed by atoms with Crippen LogP contribution in [0.25, 0.3) is 17.4 Å². The summed E-state index contributed by atoms with van der Waals surface area (Å²) in [5.41, 5.74) is 2.27. The van der Waals surface area contributed by atoms with Crippen molar-refractivity contribution in [3.05, 3.63) is 89.7 Å². The number of hydrogen-bond acceptors (Lipinski definition) is 6. The van der Waals surface area contributed by atoms with Gasteiger partial charge in [0.25, 0.3) is 5.91 Å². The van der Waals surface area contributed by atoms with Gasteiger partial charge in [0.15, 0.2) is 10.2 Å². The van der Waals surface area contributed by atoms with Gasteiger partial charge in [0, 0.05) is 11.3 Å². The fraction of sp³-hybridized carbons (Fsp3) is 0.0435. The SMILES string of the molecule is N=C1C(=Cc2ccc(-c3ccccc3)o2)C(=O)N=C2SC(SCc3ccccc3)=NN12.